The van der Waals surface area contributed by atoms with E-state index >= 15 is 0 Å². The molecule has 1 aromatic rings. The molecule has 2 saturated heterocycles. The van der Waals surface area contributed by atoms with E-state index in [1.807, 2.05) is 0 Å². The molecular weight excluding hydrogens is 309 g/mol. The summed E-state index contributed by atoms with van der Waals surface area (Å²) in [5.41, 5.74) is 0.213. The molecule has 1 aromatic carbocycles. The highest BCUT2D eigenvalue weighted by molar-refractivity contribution is 6.31. The van der Waals surface area contributed by atoms with Crippen LogP contribution in [-0.2, 0) is 16.0 Å². The van der Waals surface area contributed by atoms with Crippen molar-refractivity contribution in [1.29, 1.82) is 0 Å². The van der Waals surface area contributed by atoms with E-state index < -0.39 is 5.82 Å². The number of amides is 2. The zero-order valence-corrected chi connectivity index (χ0v) is 12.8. The topological polar surface area (TPSA) is 52.7 Å². The van der Waals surface area contributed by atoms with E-state index in [2.05, 4.69) is 10.2 Å². The number of piperazine rings is 2. The lowest BCUT2D eigenvalue weighted by Gasteiger charge is -2.43. The van der Waals surface area contributed by atoms with Gasteiger partial charge in [0, 0.05) is 43.3 Å². The number of benzene rings is 1. The summed E-state index contributed by atoms with van der Waals surface area (Å²) < 4.78 is 13.8. The molecule has 5 nitrogen and oxygen atoms in total. The molecule has 22 heavy (non-hydrogen) atoms. The molecule has 2 aliphatic rings. The molecule has 3 rings (SSSR count). The van der Waals surface area contributed by atoms with Gasteiger partial charge in [0.05, 0.1) is 6.42 Å². The van der Waals surface area contributed by atoms with Crippen molar-refractivity contribution in [2.24, 2.45) is 0 Å². The monoisotopic (exact) mass is 325 g/mol. The molecule has 0 aliphatic carbocycles. The summed E-state index contributed by atoms with van der Waals surface area (Å²) in [6, 6.07) is 4.07. The Morgan fingerprint density at radius 3 is 2.95 bits per heavy atom. The molecule has 0 spiro atoms. The normalized spacial score (nSPS) is 22.2. The summed E-state index contributed by atoms with van der Waals surface area (Å²) in [4.78, 5) is 28.0. The minimum absolute atomic E-state index is 0.0484. The van der Waals surface area contributed by atoms with Crippen molar-refractivity contribution in [2.45, 2.75) is 12.5 Å². The van der Waals surface area contributed by atoms with Gasteiger partial charge in [0.2, 0.25) is 11.8 Å². The maximum absolute atomic E-state index is 13.8. The van der Waals surface area contributed by atoms with Crippen LogP contribution < -0.4 is 5.32 Å². The summed E-state index contributed by atoms with van der Waals surface area (Å²) in [5.74, 6) is -0.729. The first-order valence-electron chi connectivity index (χ1n) is 7.28. The van der Waals surface area contributed by atoms with Gasteiger partial charge >= 0.3 is 0 Å². The van der Waals surface area contributed by atoms with E-state index in [1.54, 1.807) is 11.0 Å². The molecule has 1 N–H and O–H groups in total. The van der Waals surface area contributed by atoms with Crippen molar-refractivity contribution in [1.82, 2.24) is 15.1 Å². The average Bonchev–Trinajstić information content (AvgIpc) is 2.51. The maximum Gasteiger partial charge on any atom is 0.239 e. The zero-order chi connectivity index (χ0) is 15.7. The molecule has 2 fully saturated rings. The third-order valence-electron chi connectivity index (χ3n) is 4.23. The van der Waals surface area contributed by atoms with Gasteiger partial charge in [0.25, 0.3) is 0 Å². The van der Waals surface area contributed by atoms with Gasteiger partial charge < -0.3 is 10.2 Å². The van der Waals surface area contributed by atoms with Gasteiger partial charge in [-0.05, 0) is 12.1 Å². The summed E-state index contributed by atoms with van der Waals surface area (Å²) >= 11 is 5.96. The highest BCUT2D eigenvalue weighted by Gasteiger charge is 2.36. The number of hydrogen-bond acceptors (Lipinski definition) is 3. The third kappa shape index (κ3) is 2.94. The van der Waals surface area contributed by atoms with Crippen LogP contribution in [-0.4, -0.2) is 60.4 Å². The number of carbonyl (C=O) groups is 2. The molecule has 0 bridgehead atoms. The first kappa shape index (κ1) is 15.2. The van der Waals surface area contributed by atoms with Crippen LogP contribution in [0, 0.1) is 5.82 Å². The smallest absolute Gasteiger partial charge is 0.239 e. The molecule has 2 heterocycles. The van der Waals surface area contributed by atoms with Crippen molar-refractivity contribution < 1.29 is 14.0 Å². The van der Waals surface area contributed by atoms with Crippen molar-refractivity contribution in [3.05, 3.63) is 34.6 Å². The molecule has 2 amide bonds. The number of rotatable bonds is 2. The van der Waals surface area contributed by atoms with E-state index in [9.17, 15) is 14.0 Å². The molecule has 0 unspecified atom stereocenters. The second-order valence-corrected chi connectivity index (χ2v) is 5.97. The molecule has 0 aromatic heterocycles. The van der Waals surface area contributed by atoms with Crippen LogP contribution in [0.15, 0.2) is 18.2 Å². The minimum Gasteiger partial charge on any atom is -0.353 e. The molecule has 2 aliphatic heterocycles. The van der Waals surface area contributed by atoms with E-state index in [-0.39, 0.29) is 34.9 Å². The molecule has 1 atom stereocenters. The number of carbonyl (C=O) groups excluding carboxylic acids is 2. The summed E-state index contributed by atoms with van der Waals surface area (Å²) in [6.45, 7) is 3.01. The Bertz CT molecular complexity index is 590. The van der Waals surface area contributed by atoms with Crippen LogP contribution >= 0.6 is 11.6 Å². The largest absolute Gasteiger partial charge is 0.353 e. The first-order valence-corrected chi connectivity index (χ1v) is 7.66. The number of halogens is 2. The number of hydrogen-bond donors (Lipinski definition) is 1. The van der Waals surface area contributed by atoms with E-state index in [0.717, 1.165) is 6.54 Å². The number of nitrogens with zero attached hydrogens (tertiary/aromatic N) is 2. The predicted octanol–water partition coefficient (Wildman–Crippen LogP) is 0.664. The standard InChI is InChI=1S/C15H17ClFN3O2/c16-11-2-1-3-12(17)10(11)8-14(21)20-7-6-19-5-4-18-15(22)13(19)9-20/h1-3,13H,4-9H2,(H,18,22)/t13-/m1/s1. The lowest BCUT2D eigenvalue weighted by molar-refractivity contribution is -0.139. The highest BCUT2D eigenvalue weighted by atomic mass is 35.5. The highest BCUT2D eigenvalue weighted by Crippen LogP contribution is 2.21. The van der Waals surface area contributed by atoms with Crippen LogP contribution in [0.1, 0.15) is 5.56 Å². The van der Waals surface area contributed by atoms with Crippen LogP contribution in [0.2, 0.25) is 5.02 Å². The van der Waals surface area contributed by atoms with E-state index in [1.165, 1.54) is 12.1 Å². The van der Waals surface area contributed by atoms with Crippen LogP contribution in [0.3, 0.4) is 0 Å². The van der Waals surface area contributed by atoms with Crippen molar-refractivity contribution >= 4 is 23.4 Å². The van der Waals surface area contributed by atoms with Gasteiger partial charge in [-0.15, -0.1) is 0 Å². The molecule has 0 radical (unpaired) electrons. The molecule has 118 valence electrons. The van der Waals surface area contributed by atoms with Crippen molar-refractivity contribution in [3.8, 4) is 0 Å². The summed E-state index contributed by atoms with van der Waals surface area (Å²) in [6.07, 6.45) is -0.0835. The Kier molecular flexibility index (Phi) is 4.31. The fraction of sp³-hybridized carbons (Fsp3) is 0.467. The zero-order valence-electron chi connectivity index (χ0n) is 12.0. The molecular formula is C15H17ClFN3O2. The lowest BCUT2D eigenvalue weighted by Crippen LogP contribution is -2.64. The first-order chi connectivity index (χ1) is 10.6. The Morgan fingerprint density at radius 1 is 1.36 bits per heavy atom. The number of fused-ring (bicyclic) bond motifs is 1. The fourth-order valence-corrected chi connectivity index (χ4v) is 3.20. The van der Waals surface area contributed by atoms with E-state index in [4.69, 9.17) is 11.6 Å². The van der Waals surface area contributed by atoms with Gasteiger partial charge in [-0.1, -0.05) is 17.7 Å². The molecule has 7 heteroatoms. The quantitative estimate of drug-likeness (QED) is 0.869. The second kappa shape index (κ2) is 6.22. The Labute approximate surface area is 133 Å². The van der Waals surface area contributed by atoms with Gasteiger partial charge in [-0.3, -0.25) is 14.5 Å². The minimum atomic E-state index is -0.477. The van der Waals surface area contributed by atoms with Crippen LogP contribution in [0.5, 0.6) is 0 Å². The lowest BCUT2D eigenvalue weighted by atomic mass is 10.1. The third-order valence-corrected chi connectivity index (χ3v) is 4.59. The number of nitrogens with one attached hydrogen (secondary N) is 1. The van der Waals surface area contributed by atoms with Gasteiger partial charge in [-0.2, -0.15) is 0 Å². The summed E-state index contributed by atoms with van der Waals surface area (Å²) in [5, 5.41) is 3.06. The van der Waals surface area contributed by atoms with Gasteiger partial charge in [-0.25, -0.2) is 4.39 Å². The Hall–Kier alpha value is -1.66. The second-order valence-electron chi connectivity index (χ2n) is 5.56. The van der Waals surface area contributed by atoms with Crippen molar-refractivity contribution in [2.75, 3.05) is 32.7 Å². The van der Waals surface area contributed by atoms with Crippen LogP contribution in [0.4, 0.5) is 4.39 Å². The Morgan fingerprint density at radius 2 is 2.18 bits per heavy atom. The fourth-order valence-electron chi connectivity index (χ4n) is 2.97. The Balaban J connectivity index is 1.69. The molecule has 0 saturated carbocycles. The van der Waals surface area contributed by atoms with Gasteiger partial charge in [0.1, 0.15) is 11.9 Å². The SMILES string of the molecule is O=C1NCCN2CCN(C(=O)Cc3c(F)cccc3Cl)C[C@H]12. The van der Waals surface area contributed by atoms with Gasteiger partial charge in [0.15, 0.2) is 0 Å². The maximum atomic E-state index is 13.8. The van der Waals surface area contributed by atoms with Crippen LogP contribution in [0.25, 0.3) is 0 Å². The average molecular weight is 326 g/mol. The summed E-state index contributed by atoms with van der Waals surface area (Å²) in [7, 11) is 0. The predicted molar refractivity (Wildman–Crippen MR) is 80.1 cm³/mol. The van der Waals surface area contributed by atoms with Crippen molar-refractivity contribution in [3.63, 3.8) is 0 Å². The van der Waals surface area contributed by atoms with E-state index in [0.29, 0.717) is 26.2 Å².